The van der Waals surface area contributed by atoms with Gasteiger partial charge in [0.25, 0.3) is 0 Å². The fourth-order valence-corrected chi connectivity index (χ4v) is 1.90. The average molecular weight is 236 g/mol. The summed E-state index contributed by atoms with van der Waals surface area (Å²) in [6.45, 7) is 0. The van der Waals surface area contributed by atoms with Crippen molar-refractivity contribution in [1.29, 1.82) is 0 Å². The summed E-state index contributed by atoms with van der Waals surface area (Å²) in [5.41, 5.74) is 2.14. The highest BCUT2D eigenvalue weighted by atomic mass is 79.9. The zero-order valence-corrected chi connectivity index (χ0v) is 8.25. The molecule has 2 aromatic heterocycles. The molecule has 4 heteroatoms. The summed E-state index contributed by atoms with van der Waals surface area (Å²) in [5, 5.41) is 0. The molecule has 0 saturated heterocycles. The Balaban J connectivity index is 2.60. The van der Waals surface area contributed by atoms with Crippen LogP contribution in [0.15, 0.2) is 35.1 Å². The van der Waals surface area contributed by atoms with Gasteiger partial charge in [-0.05, 0) is 28.1 Å². The Labute approximate surface area is 82.5 Å². The Hall–Kier alpha value is -1.29. The Bertz CT molecular complexity index is 579. The second-order valence-corrected chi connectivity index (χ2v) is 3.75. The highest BCUT2D eigenvalue weighted by Crippen LogP contribution is 2.18. The van der Waals surface area contributed by atoms with Crippen LogP contribution in [-0.4, -0.2) is 14.4 Å². The first-order valence-corrected chi connectivity index (χ1v) is 4.75. The molecule has 0 radical (unpaired) electrons. The molecule has 0 aliphatic carbocycles. The summed E-state index contributed by atoms with van der Waals surface area (Å²) < 4.78 is 2.97. The number of imidazole rings is 2. The van der Waals surface area contributed by atoms with E-state index in [-0.39, 0.29) is 0 Å². The fourth-order valence-electron chi connectivity index (χ4n) is 1.52. The van der Waals surface area contributed by atoms with Crippen molar-refractivity contribution in [3.05, 3.63) is 35.1 Å². The summed E-state index contributed by atoms with van der Waals surface area (Å²) in [5.74, 6) is 0.869. The molecule has 3 aromatic rings. The molecule has 0 atom stereocenters. The molecule has 0 aliphatic rings. The molecule has 0 aliphatic heterocycles. The van der Waals surface area contributed by atoms with Gasteiger partial charge in [-0.3, -0.25) is 4.40 Å². The number of aromatic nitrogens is 3. The van der Waals surface area contributed by atoms with Gasteiger partial charge in [0.15, 0.2) is 0 Å². The standard InChI is InChI=1S/C9H6BrN3/c10-8-5-13-7-4-2-1-3-6(7)11-9(13)12-8/h1-5H,(H,11,12). The van der Waals surface area contributed by atoms with E-state index in [1.54, 1.807) is 0 Å². The molecule has 3 rings (SSSR count). The second-order valence-electron chi connectivity index (χ2n) is 2.90. The van der Waals surface area contributed by atoms with Crippen LogP contribution in [0.3, 0.4) is 0 Å². The molecule has 0 spiro atoms. The first kappa shape index (κ1) is 7.15. The molecule has 0 bridgehead atoms. The van der Waals surface area contributed by atoms with E-state index >= 15 is 0 Å². The Morgan fingerprint density at radius 2 is 2.15 bits per heavy atom. The summed E-state index contributed by atoms with van der Waals surface area (Å²) in [7, 11) is 0. The van der Waals surface area contributed by atoms with Gasteiger partial charge in [0.2, 0.25) is 5.78 Å². The summed E-state index contributed by atoms with van der Waals surface area (Å²) in [6.07, 6.45) is 1.98. The van der Waals surface area contributed by atoms with E-state index in [9.17, 15) is 0 Å². The predicted octanol–water partition coefficient (Wildman–Crippen LogP) is 2.58. The van der Waals surface area contributed by atoms with Gasteiger partial charge >= 0.3 is 0 Å². The summed E-state index contributed by atoms with van der Waals surface area (Å²) in [4.78, 5) is 7.53. The lowest BCUT2D eigenvalue weighted by Crippen LogP contribution is -1.74. The van der Waals surface area contributed by atoms with Gasteiger partial charge in [0, 0.05) is 6.20 Å². The maximum absolute atomic E-state index is 4.41. The number of hydrogen-bond acceptors (Lipinski definition) is 1. The normalized spacial score (nSPS) is 11.5. The minimum absolute atomic E-state index is 0.869. The van der Waals surface area contributed by atoms with Crippen molar-refractivity contribution in [2.75, 3.05) is 0 Å². The molecule has 0 unspecified atom stereocenters. The molecule has 1 N–H and O–H groups in total. The second kappa shape index (κ2) is 2.35. The van der Waals surface area contributed by atoms with Crippen LogP contribution >= 0.6 is 15.9 Å². The van der Waals surface area contributed by atoms with E-state index in [1.165, 1.54) is 0 Å². The molecule has 2 heterocycles. The van der Waals surface area contributed by atoms with Gasteiger partial charge in [0.05, 0.1) is 11.0 Å². The zero-order chi connectivity index (χ0) is 8.84. The molecule has 0 fully saturated rings. The summed E-state index contributed by atoms with van der Waals surface area (Å²) >= 11 is 3.37. The van der Waals surface area contributed by atoms with E-state index in [2.05, 4.69) is 32.0 Å². The quantitative estimate of drug-likeness (QED) is 0.639. The topological polar surface area (TPSA) is 33.1 Å². The first-order valence-electron chi connectivity index (χ1n) is 3.96. The lowest BCUT2D eigenvalue weighted by atomic mass is 10.3. The predicted molar refractivity (Wildman–Crippen MR) is 54.7 cm³/mol. The SMILES string of the molecule is Brc1cn2c(nc3ccccc32)[nH]1. The Morgan fingerprint density at radius 1 is 1.31 bits per heavy atom. The lowest BCUT2D eigenvalue weighted by molar-refractivity contribution is 1.25. The zero-order valence-electron chi connectivity index (χ0n) is 6.66. The van der Waals surface area contributed by atoms with Crippen LogP contribution in [0, 0.1) is 0 Å². The number of rotatable bonds is 0. The number of hydrogen-bond donors (Lipinski definition) is 1. The molecule has 0 saturated carbocycles. The summed E-state index contributed by atoms with van der Waals surface area (Å²) in [6, 6.07) is 8.06. The largest absolute Gasteiger partial charge is 0.318 e. The first-order chi connectivity index (χ1) is 6.34. The van der Waals surface area contributed by atoms with E-state index in [4.69, 9.17) is 0 Å². The van der Waals surface area contributed by atoms with Crippen molar-refractivity contribution < 1.29 is 0 Å². The number of para-hydroxylation sites is 2. The fraction of sp³-hybridized carbons (Fsp3) is 0. The molecular formula is C9H6BrN3. The van der Waals surface area contributed by atoms with Crippen molar-refractivity contribution in [3.63, 3.8) is 0 Å². The third-order valence-corrected chi connectivity index (χ3v) is 2.47. The number of fused-ring (bicyclic) bond motifs is 3. The van der Waals surface area contributed by atoms with Crippen LogP contribution in [0.2, 0.25) is 0 Å². The molecule has 1 aromatic carbocycles. The van der Waals surface area contributed by atoms with Gasteiger partial charge in [0.1, 0.15) is 4.60 Å². The van der Waals surface area contributed by atoms with E-state index in [0.717, 1.165) is 21.4 Å². The molecular weight excluding hydrogens is 230 g/mol. The van der Waals surface area contributed by atoms with Crippen LogP contribution in [0.4, 0.5) is 0 Å². The van der Waals surface area contributed by atoms with Crippen LogP contribution in [-0.2, 0) is 0 Å². The number of aromatic amines is 1. The van der Waals surface area contributed by atoms with Gasteiger partial charge in [-0.1, -0.05) is 12.1 Å². The van der Waals surface area contributed by atoms with Crippen molar-refractivity contribution in [1.82, 2.24) is 14.4 Å². The van der Waals surface area contributed by atoms with Crippen LogP contribution in [0.5, 0.6) is 0 Å². The van der Waals surface area contributed by atoms with E-state index in [0.29, 0.717) is 0 Å². The lowest BCUT2D eigenvalue weighted by Gasteiger charge is -1.86. The van der Waals surface area contributed by atoms with Gasteiger partial charge in [-0.25, -0.2) is 4.98 Å². The van der Waals surface area contributed by atoms with E-state index in [1.807, 2.05) is 28.8 Å². The number of H-pyrrole nitrogens is 1. The minimum Gasteiger partial charge on any atom is -0.318 e. The number of benzene rings is 1. The van der Waals surface area contributed by atoms with Crippen LogP contribution in [0.1, 0.15) is 0 Å². The molecule has 0 amide bonds. The van der Waals surface area contributed by atoms with E-state index < -0.39 is 0 Å². The number of nitrogens with zero attached hydrogens (tertiary/aromatic N) is 2. The number of nitrogens with one attached hydrogen (secondary N) is 1. The van der Waals surface area contributed by atoms with Gasteiger partial charge < -0.3 is 4.98 Å². The third-order valence-electron chi connectivity index (χ3n) is 2.07. The smallest absolute Gasteiger partial charge is 0.213 e. The molecule has 13 heavy (non-hydrogen) atoms. The maximum Gasteiger partial charge on any atom is 0.213 e. The minimum atomic E-state index is 0.869. The molecule has 64 valence electrons. The van der Waals surface area contributed by atoms with Crippen molar-refractivity contribution in [3.8, 4) is 0 Å². The Morgan fingerprint density at radius 3 is 3.08 bits per heavy atom. The van der Waals surface area contributed by atoms with Crippen molar-refractivity contribution >= 4 is 32.7 Å². The highest BCUT2D eigenvalue weighted by Gasteiger charge is 2.04. The van der Waals surface area contributed by atoms with Crippen LogP contribution in [0.25, 0.3) is 16.8 Å². The van der Waals surface area contributed by atoms with Crippen molar-refractivity contribution in [2.24, 2.45) is 0 Å². The Kier molecular flexibility index (Phi) is 1.29. The number of halogens is 1. The van der Waals surface area contributed by atoms with Gasteiger partial charge in [-0.2, -0.15) is 0 Å². The molecule has 3 nitrogen and oxygen atoms in total. The van der Waals surface area contributed by atoms with Crippen LogP contribution < -0.4 is 0 Å². The van der Waals surface area contributed by atoms with Gasteiger partial charge in [-0.15, -0.1) is 0 Å². The maximum atomic E-state index is 4.41. The average Bonchev–Trinajstić information content (AvgIpc) is 2.60. The monoisotopic (exact) mass is 235 g/mol. The third kappa shape index (κ3) is 0.920. The van der Waals surface area contributed by atoms with Crippen molar-refractivity contribution in [2.45, 2.75) is 0 Å². The highest BCUT2D eigenvalue weighted by molar-refractivity contribution is 9.10.